The smallest absolute Gasteiger partial charge is 0.138 e. The van der Waals surface area contributed by atoms with Gasteiger partial charge in [0.1, 0.15) is 5.82 Å². The number of nitrogens with zero attached hydrogens (tertiary/aromatic N) is 5. The van der Waals surface area contributed by atoms with E-state index in [1.807, 2.05) is 12.3 Å². The van der Waals surface area contributed by atoms with Crippen LogP contribution in [0.15, 0.2) is 249 Å². The molecule has 69 heavy (non-hydrogen) atoms. The quantitative estimate of drug-likeness (QED) is 0.160. The number of hydrogen-bond acceptors (Lipinski definition) is 2. The van der Waals surface area contributed by atoms with Crippen molar-refractivity contribution in [2.24, 2.45) is 0 Å². The average molecular weight is 880 g/mol. The lowest BCUT2D eigenvalue weighted by Crippen LogP contribution is -2.00. The lowest BCUT2D eigenvalue weighted by atomic mass is 10.0. The number of fused-ring (bicyclic) bond motifs is 9. The molecule has 0 N–H and O–H groups in total. The van der Waals surface area contributed by atoms with Crippen molar-refractivity contribution < 1.29 is 0 Å². The summed E-state index contributed by atoms with van der Waals surface area (Å²) in [4.78, 5) is 10.3. The molecule has 0 saturated heterocycles. The number of pyridine rings is 2. The van der Waals surface area contributed by atoms with Gasteiger partial charge in [-0.2, -0.15) is 0 Å². The minimum atomic E-state index is 0.885. The van der Waals surface area contributed by atoms with Crippen molar-refractivity contribution >= 4 is 65.5 Å². The highest BCUT2D eigenvalue weighted by Crippen LogP contribution is 2.40. The van der Waals surface area contributed by atoms with Gasteiger partial charge in [0.15, 0.2) is 0 Å². The van der Waals surface area contributed by atoms with E-state index in [9.17, 15) is 0 Å². The summed E-state index contributed by atoms with van der Waals surface area (Å²) in [5, 5.41) is 5.96. The van der Waals surface area contributed by atoms with E-state index in [4.69, 9.17) is 9.97 Å². The van der Waals surface area contributed by atoms with Gasteiger partial charge in [-0.05, 0) is 124 Å². The molecule has 0 aliphatic carbocycles. The second-order valence-corrected chi connectivity index (χ2v) is 17.8. The van der Waals surface area contributed by atoms with Crippen LogP contribution in [-0.2, 0) is 0 Å². The Kier molecular flexibility index (Phi) is 8.83. The summed E-state index contributed by atoms with van der Waals surface area (Å²) in [7, 11) is 0. The normalized spacial score (nSPS) is 11.8. The molecule has 5 aromatic heterocycles. The third-order valence-electron chi connectivity index (χ3n) is 13.9. The summed E-state index contributed by atoms with van der Waals surface area (Å²) in [5.74, 6) is 0.885. The van der Waals surface area contributed by atoms with E-state index in [-0.39, 0.29) is 0 Å². The molecule has 5 heteroatoms. The summed E-state index contributed by atoms with van der Waals surface area (Å²) in [5.41, 5.74) is 19.0. The Morgan fingerprint density at radius 2 is 0.754 bits per heavy atom. The van der Waals surface area contributed by atoms with Crippen LogP contribution in [0.1, 0.15) is 0 Å². The Morgan fingerprint density at radius 1 is 0.261 bits per heavy atom. The predicted octanol–water partition coefficient (Wildman–Crippen LogP) is 16.4. The van der Waals surface area contributed by atoms with Crippen LogP contribution in [0.5, 0.6) is 0 Å². The predicted molar refractivity (Wildman–Crippen MR) is 287 cm³/mol. The zero-order chi connectivity index (χ0) is 45.4. The van der Waals surface area contributed by atoms with E-state index >= 15 is 0 Å². The van der Waals surface area contributed by atoms with Crippen LogP contribution in [0.2, 0.25) is 0 Å². The minimum absolute atomic E-state index is 0.885. The maximum Gasteiger partial charge on any atom is 0.138 e. The monoisotopic (exact) mass is 879 g/mol. The van der Waals surface area contributed by atoms with Crippen LogP contribution in [0.25, 0.3) is 127 Å². The highest BCUT2D eigenvalue weighted by Gasteiger charge is 2.19. The van der Waals surface area contributed by atoms with Crippen LogP contribution >= 0.6 is 0 Å². The SMILES string of the molecule is c1ccc(-c2cc(-c3ccccc3)nc(-n3c4ccccc4c4ccc(-c5ccc6c(c5)c5ccccc5n6-c5ccc(-c6ccc7c(c6)c6ncccc6n7-c6ccccc6)cc5)cc43)c2)cc1. The van der Waals surface area contributed by atoms with Gasteiger partial charge in [-0.3, -0.25) is 9.55 Å². The van der Waals surface area contributed by atoms with E-state index < -0.39 is 0 Å². The number of rotatable bonds is 7. The molecule has 0 radical (unpaired) electrons. The van der Waals surface area contributed by atoms with Gasteiger partial charge in [0, 0.05) is 50.1 Å². The zero-order valence-corrected chi connectivity index (χ0v) is 37.4. The lowest BCUT2D eigenvalue weighted by Gasteiger charge is -2.13. The van der Waals surface area contributed by atoms with E-state index in [0.717, 1.165) is 94.8 Å². The Morgan fingerprint density at radius 3 is 1.51 bits per heavy atom. The number of para-hydroxylation sites is 3. The molecule has 5 heterocycles. The van der Waals surface area contributed by atoms with Crippen LogP contribution < -0.4 is 0 Å². The fourth-order valence-electron chi connectivity index (χ4n) is 10.7. The van der Waals surface area contributed by atoms with Gasteiger partial charge in [0.05, 0.1) is 44.3 Å². The fourth-order valence-corrected chi connectivity index (χ4v) is 10.7. The van der Waals surface area contributed by atoms with Gasteiger partial charge < -0.3 is 9.13 Å². The molecule has 0 aliphatic rings. The Balaban J connectivity index is 0.873. The van der Waals surface area contributed by atoms with Gasteiger partial charge in [-0.15, -0.1) is 0 Å². The first kappa shape index (κ1) is 38.9. The topological polar surface area (TPSA) is 40.6 Å². The molecule has 0 bridgehead atoms. The van der Waals surface area contributed by atoms with Crippen molar-refractivity contribution in [3.05, 3.63) is 249 Å². The van der Waals surface area contributed by atoms with Crippen molar-refractivity contribution in [1.82, 2.24) is 23.7 Å². The summed E-state index contributed by atoms with van der Waals surface area (Å²) in [6.45, 7) is 0. The molecule has 0 unspecified atom stereocenters. The van der Waals surface area contributed by atoms with E-state index in [0.29, 0.717) is 0 Å². The maximum absolute atomic E-state index is 5.39. The van der Waals surface area contributed by atoms with E-state index in [2.05, 4.69) is 250 Å². The number of benzene rings is 9. The molecule has 14 aromatic rings. The Hall–Kier alpha value is -9.32. The standard InChI is InChI=1S/C64H41N5/c1-4-15-42(16-5-1)48-39-56(44-17-6-2-7-18-44)66-63(41-48)69-58-24-13-10-21-51(58)53-33-28-47(40-62(53)69)46-30-34-59-54(37-46)52-22-11-12-23-57(52)67(59)50-31-26-43(27-32-50)45-29-35-60-55(38-45)64-61(25-14-36-65-64)68(60)49-19-8-3-9-20-49/h1-41H. The lowest BCUT2D eigenvalue weighted by molar-refractivity contribution is 1.08. The molecule has 322 valence electrons. The van der Waals surface area contributed by atoms with Gasteiger partial charge in [-0.25, -0.2) is 4.98 Å². The molecule has 14 rings (SSSR count). The molecule has 0 aliphatic heterocycles. The van der Waals surface area contributed by atoms with Crippen molar-refractivity contribution in [2.45, 2.75) is 0 Å². The first-order chi connectivity index (χ1) is 34.2. The Bertz CT molecular complexity index is 4220. The summed E-state index contributed by atoms with van der Waals surface area (Å²) >= 11 is 0. The van der Waals surface area contributed by atoms with Gasteiger partial charge in [-0.1, -0.05) is 152 Å². The largest absolute Gasteiger partial charge is 0.309 e. The maximum atomic E-state index is 5.39. The second-order valence-electron chi connectivity index (χ2n) is 17.8. The fraction of sp³-hybridized carbons (Fsp3) is 0. The summed E-state index contributed by atoms with van der Waals surface area (Å²) in [6.07, 6.45) is 1.89. The van der Waals surface area contributed by atoms with Crippen molar-refractivity contribution in [2.75, 3.05) is 0 Å². The Labute approximate surface area is 398 Å². The highest BCUT2D eigenvalue weighted by molar-refractivity contribution is 6.13. The van der Waals surface area contributed by atoms with Crippen LogP contribution in [0.4, 0.5) is 0 Å². The highest BCUT2D eigenvalue weighted by atomic mass is 15.1. The third kappa shape index (κ3) is 6.32. The van der Waals surface area contributed by atoms with E-state index in [1.54, 1.807) is 0 Å². The molecule has 0 spiro atoms. The van der Waals surface area contributed by atoms with E-state index in [1.165, 1.54) is 32.6 Å². The molecule has 0 amide bonds. The minimum Gasteiger partial charge on any atom is -0.309 e. The molecule has 9 aromatic carbocycles. The molecule has 5 nitrogen and oxygen atoms in total. The number of aromatic nitrogens is 5. The molecule has 0 saturated carbocycles. The summed E-state index contributed by atoms with van der Waals surface area (Å²) in [6, 6.07) is 87.3. The van der Waals surface area contributed by atoms with Crippen LogP contribution in [0.3, 0.4) is 0 Å². The van der Waals surface area contributed by atoms with Crippen molar-refractivity contribution in [3.8, 4) is 61.8 Å². The van der Waals surface area contributed by atoms with Crippen LogP contribution in [0, 0.1) is 0 Å². The second kappa shape index (κ2) is 15.7. The summed E-state index contributed by atoms with van der Waals surface area (Å²) < 4.78 is 7.05. The molecular weight excluding hydrogens is 839 g/mol. The first-order valence-corrected chi connectivity index (χ1v) is 23.5. The van der Waals surface area contributed by atoms with Crippen molar-refractivity contribution in [1.29, 1.82) is 0 Å². The van der Waals surface area contributed by atoms with Gasteiger partial charge in [0.25, 0.3) is 0 Å². The number of hydrogen-bond donors (Lipinski definition) is 0. The average Bonchev–Trinajstić information content (AvgIpc) is 4.06. The molecule has 0 fully saturated rings. The molecular formula is C64H41N5. The van der Waals surface area contributed by atoms with Gasteiger partial charge in [0.2, 0.25) is 0 Å². The molecule has 0 atom stereocenters. The first-order valence-electron chi connectivity index (χ1n) is 23.5. The van der Waals surface area contributed by atoms with Gasteiger partial charge >= 0.3 is 0 Å². The zero-order valence-electron chi connectivity index (χ0n) is 37.4. The van der Waals surface area contributed by atoms with Crippen LogP contribution in [-0.4, -0.2) is 23.7 Å². The third-order valence-corrected chi connectivity index (χ3v) is 13.9. The van der Waals surface area contributed by atoms with Crippen molar-refractivity contribution in [3.63, 3.8) is 0 Å².